The summed E-state index contributed by atoms with van der Waals surface area (Å²) in [5.74, 6) is 2.32. The van der Waals surface area contributed by atoms with Crippen LogP contribution < -0.4 is 15.0 Å². The van der Waals surface area contributed by atoms with E-state index >= 15 is 0 Å². The minimum atomic E-state index is -0.599. The van der Waals surface area contributed by atoms with Gasteiger partial charge in [0.1, 0.15) is 18.2 Å². The minimum absolute atomic E-state index is 0.393. The fourth-order valence-corrected chi connectivity index (χ4v) is 5.06. The Morgan fingerprint density at radius 1 is 1.11 bits per heavy atom. The van der Waals surface area contributed by atoms with Crippen molar-refractivity contribution in [2.75, 3.05) is 44.1 Å². The number of hydrogen-bond donors (Lipinski definition) is 1. The predicted octanol–water partition coefficient (Wildman–Crippen LogP) is 4.68. The number of anilines is 3. The summed E-state index contributed by atoms with van der Waals surface area (Å²) in [6, 6.07) is 13.3. The fourth-order valence-electron chi connectivity index (χ4n) is 4.09. The maximum absolute atomic E-state index is 13.0. The number of pyridine rings is 1. The monoisotopic (exact) mass is 494 g/mol. The van der Waals surface area contributed by atoms with E-state index in [9.17, 15) is 4.39 Å². The number of nitrogens with zero attached hydrogens (tertiary/aromatic N) is 5. The van der Waals surface area contributed by atoms with E-state index in [-0.39, 0.29) is 0 Å². The molecular weight excluding hydrogens is 467 g/mol. The van der Waals surface area contributed by atoms with E-state index in [4.69, 9.17) is 19.6 Å². The van der Waals surface area contributed by atoms with Gasteiger partial charge in [-0.05, 0) is 29.8 Å². The van der Waals surface area contributed by atoms with Crippen molar-refractivity contribution in [2.24, 2.45) is 0 Å². The number of methoxy groups -OCH3 is 2. The van der Waals surface area contributed by atoms with Crippen molar-refractivity contribution >= 4 is 28.1 Å². The lowest BCUT2D eigenvalue weighted by atomic mass is 10.2. The van der Waals surface area contributed by atoms with Crippen LogP contribution in [-0.4, -0.2) is 53.7 Å². The smallest absolute Gasteiger partial charge is 0.189 e. The Labute approximate surface area is 207 Å². The van der Waals surface area contributed by atoms with Crippen molar-refractivity contribution in [3.63, 3.8) is 0 Å². The number of rotatable bonds is 9. The van der Waals surface area contributed by atoms with Gasteiger partial charge in [0.15, 0.2) is 10.9 Å². The Bertz CT molecular complexity index is 1290. The molecule has 10 heteroatoms. The number of ether oxygens (including phenoxy) is 2. The summed E-state index contributed by atoms with van der Waals surface area (Å²) in [6.07, 6.45) is 2.92. The number of benzene rings is 1. The second kappa shape index (κ2) is 10.4. The van der Waals surface area contributed by atoms with Crippen molar-refractivity contribution < 1.29 is 13.9 Å². The third-order valence-electron chi connectivity index (χ3n) is 5.85. The number of hydrogen-bond acceptors (Lipinski definition) is 8. The topological polar surface area (TPSA) is 77.3 Å². The van der Waals surface area contributed by atoms with Gasteiger partial charge in [-0.1, -0.05) is 18.2 Å². The molecule has 1 aliphatic heterocycles. The molecule has 5 rings (SSSR count). The highest BCUT2D eigenvalue weighted by atomic mass is 32.1. The molecule has 0 aliphatic carbocycles. The Morgan fingerprint density at radius 3 is 2.74 bits per heavy atom. The molecule has 1 N–H and O–H groups in total. The van der Waals surface area contributed by atoms with Crippen LogP contribution in [0.1, 0.15) is 16.1 Å². The van der Waals surface area contributed by atoms with E-state index in [1.807, 2.05) is 35.0 Å². The number of fused-ring (bicyclic) bond motifs is 3. The number of thiazole rings is 1. The average Bonchev–Trinajstić information content (AvgIpc) is 3.45. The molecule has 0 unspecified atom stereocenters. The molecule has 3 aromatic heterocycles. The lowest BCUT2D eigenvalue weighted by Gasteiger charge is -2.21. The summed E-state index contributed by atoms with van der Waals surface area (Å²) >= 11 is 1.60. The van der Waals surface area contributed by atoms with Crippen LogP contribution in [0.25, 0.3) is 11.3 Å². The van der Waals surface area contributed by atoms with Crippen LogP contribution >= 0.6 is 11.3 Å². The molecule has 0 bridgehead atoms. The highest BCUT2D eigenvalue weighted by molar-refractivity contribution is 7.16. The highest BCUT2D eigenvalue weighted by Crippen LogP contribution is 2.40. The summed E-state index contributed by atoms with van der Waals surface area (Å²) in [7, 11) is 3.37. The van der Waals surface area contributed by atoms with Crippen LogP contribution in [-0.2, 0) is 24.4 Å². The van der Waals surface area contributed by atoms with Crippen LogP contribution in [0.15, 0.2) is 48.7 Å². The molecule has 0 atom stereocenters. The van der Waals surface area contributed by atoms with E-state index in [0.29, 0.717) is 24.7 Å². The van der Waals surface area contributed by atoms with Crippen LogP contribution in [0.5, 0.6) is 5.75 Å². The number of nitrogens with one attached hydrogen (secondary N) is 1. The van der Waals surface area contributed by atoms with Gasteiger partial charge in [0.05, 0.1) is 37.2 Å². The third-order valence-corrected chi connectivity index (χ3v) is 6.88. The van der Waals surface area contributed by atoms with Crippen LogP contribution in [0.2, 0.25) is 0 Å². The molecule has 0 amide bonds. The Morgan fingerprint density at radius 2 is 1.97 bits per heavy atom. The minimum Gasteiger partial charge on any atom is -0.497 e. The summed E-state index contributed by atoms with van der Waals surface area (Å²) in [5.41, 5.74) is 3.45. The third kappa shape index (κ3) is 5.13. The van der Waals surface area contributed by atoms with E-state index in [1.54, 1.807) is 37.7 Å². The van der Waals surface area contributed by atoms with Gasteiger partial charge in [-0.25, -0.2) is 14.4 Å². The molecule has 1 aliphatic rings. The molecule has 0 spiro atoms. The first kappa shape index (κ1) is 23.3. The standard InChI is InChI=1S/C25H27FN6O2S/c1-33-13-12-31-11-10-21-23(29-25(35-21)28-22-5-3-4-18(14-26)27-22)20-16-32(30-24(20)31)15-17-6-8-19(34-2)9-7-17/h3-9,16H,10-15H2,1-2H3,(H,27,28,29). The van der Waals surface area contributed by atoms with Gasteiger partial charge in [-0.2, -0.15) is 5.10 Å². The molecule has 8 nitrogen and oxygen atoms in total. The van der Waals surface area contributed by atoms with Crippen molar-refractivity contribution in [1.82, 2.24) is 19.7 Å². The Kier molecular flexibility index (Phi) is 6.91. The second-order valence-corrected chi connectivity index (χ2v) is 9.29. The average molecular weight is 495 g/mol. The molecule has 0 saturated heterocycles. The quantitative estimate of drug-likeness (QED) is 0.362. The molecule has 1 aromatic carbocycles. The Balaban J connectivity index is 1.46. The fraction of sp³-hybridized carbons (Fsp3) is 0.320. The molecule has 4 aromatic rings. The zero-order chi connectivity index (χ0) is 24.2. The molecule has 4 heterocycles. The SMILES string of the molecule is COCCN1CCc2sc(Nc3cccc(CF)n3)nc2-c2cn(Cc3ccc(OC)cc3)nc21. The van der Waals surface area contributed by atoms with Gasteiger partial charge in [0, 0.05) is 37.7 Å². The second-order valence-electron chi connectivity index (χ2n) is 8.21. The lowest BCUT2D eigenvalue weighted by Crippen LogP contribution is -2.29. The van der Waals surface area contributed by atoms with Crippen molar-refractivity contribution in [3.05, 3.63) is 64.8 Å². The van der Waals surface area contributed by atoms with Crippen LogP contribution in [0, 0.1) is 0 Å². The van der Waals surface area contributed by atoms with E-state index < -0.39 is 6.67 Å². The van der Waals surface area contributed by atoms with Crippen molar-refractivity contribution in [2.45, 2.75) is 19.6 Å². The first-order chi connectivity index (χ1) is 17.2. The van der Waals surface area contributed by atoms with Gasteiger partial charge in [0.25, 0.3) is 0 Å². The largest absolute Gasteiger partial charge is 0.497 e. The first-order valence-corrected chi connectivity index (χ1v) is 12.2. The predicted molar refractivity (Wildman–Crippen MR) is 136 cm³/mol. The first-order valence-electron chi connectivity index (χ1n) is 11.4. The summed E-state index contributed by atoms with van der Waals surface area (Å²) < 4.78 is 25.6. The maximum Gasteiger partial charge on any atom is 0.189 e. The van der Waals surface area contributed by atoms with E-state index in [0.717, 1.165) is 53.0 Å². The van der Waals surface area contributed by atoms with E-state index in [2.05, 4.69) is 21.4 Å². The summed E-state index contributed by atoms with van der Waals surface area (Å²) in [6.45, 7) is 2.23. The number of halogens is 1. The molecule has 0 radical (unpaired) electrons. The maximum atomic E-state index is 13.0. The Hall–Kier alpha value is -3.50. The van der Waals surface area contributed by atoms with Crippen LogP contribution in [0.4, 0.5) is 21.2 Å². The van der Waals surface area contributed by atoms with Gasteiger partial charge in [-0.3, -0.25) is 4.68 Å². The summed E-state index contributed by atoms with van der Waals surface area (Å²) in [5, 5.41) is 8.92. The van der Waals surface area contributed by atoms with Gasteiger partial charge < -0.3 is 19.7 Å². The zero-order valence-corrected chi connectivity index (χ0v) is 20.5. The van der Waals surface area contributed by atoms with Gasteiger partial charge >= 0.3 is 0 Å². The molecule has 0 saturated carbocycles. The number of alkyl halides is 1. The normalized spacial score (nSPS) is 12.7. The lowest BCUT2D eigenvalue weighted by molar-refractivity contribution is 0.205. The van der Waals surface area contributed by atoms with Crippen molar-refractivity contribution in [1.29, 1.82) is 0 Å². The van der Waals surface area contributed by atoms with E-state index in [1.165, 1.54) is 4.88 Å². The van der Waals surface area contributed by atoms with Gasteiger partial charge in [0.2, 0.25) is 0 Å². The van der Waals surface area contributed by atoms with Gasteiger partial charge in [-0.15, -0.1) is 11.3 Å². The molecule has 182 valence electrons. The zero-order valence-electron chi connectivity index (χ0n) is 19.7. The molecule has 35 heavy (non-hydrogen) atoms. The molecule has 0 fully saturated rings. The van der Waals surface area contributed by atoms with Crippen LogP contribution in [0.3, 0.4) is 0 Å². The highest BCUT2D eigenvalue weighted by Gasteiger charge is 2.27. The molecular formula is C25H27FN6O2S. The number of aromatic nitrogens is 4. The summed E-state index contributed by atoms with van der Waals surface area (Å²) in [4.78, 5) is 12.6. The van der Waals surface area contributed by atoms with Crippen molar-refractivity contribution in [3.8, 4) is 17.0 Å².